The predicted molar refractivity (Wildman–Crippen MR) is 76.8 cm³/mol. The predicted octanol–water partition coefficient (Wildman–Crippen LogP) is 3.18. The van der Waals surface area contributed by atoms with Crippen molar-refractivity contribution in [1.82, 2.24) is 4.90 Å². The number of benzene rings is 1. The van der Waals surface area contributed by atoms with E-state index in [2.05, 4.69) is 0 Å². The first-order valence-electron chi connectivity index (χ1n) is 6.87. The van der Waals surface area contributed by atoms with Crippen LogP contribution in [0.5, 0.6) is 0 Å². The third-order valence-electron chi connectivity index (χ3n) is 3.30. The van der Waals surface area contributed by atoms with Gasteiger partial charge in [0.25, 0.3) is 0 Å². The van der Waals surface area contributed by atoms with Gasteiger partial charge in [0.2, 0.25) is 0 Å². The molecule has 20 heavy (non-hydrogen) atoms. The molecule has 0 N–H and O–H groups in total. The van der Waals surface area contributed by atoms with Gasteiger partial charge in [0.1, 0.15) is 5.60 Å². The number of ether oxygens (including phenoxy) is 1. The quantitative estimate of drug-likeness (QED) is 0.739. The number of carbonyl (C=O) groups excluding carboxylic acids is 2. The van der Waals surface area contributed by atoms with Crippen molar-refractivity contribution in [3.05, 3.63) is 34.9 Å². The Morgan fingerprint density at radius 2 is 1.95 bits per heavy atom. The van der Waals surface area contributed by atoms with Crippen LogP contribution in [0.3, 0.4) is 0 Å². The minimum atomic E-state index is -0.503. The van der Waals surface area contributed by atoms with Crippen LogP contribution in [0.2, 0.25) is 0 Å². The lowest BCUT2D eigenvalue weighted by Gasteiger charge is -2.32. The summed E-state index contributed by atoms with van der Waals surface area (Å²) in [5.74, 6) is 0.0351. The van der Waals surface area contributed by atoms with E-state index in [9.17, 15) is 9.59 Å². The van der Waals surface area contributed by atoms with Gasteiger partial charge in [-0.2, -0.15) is 0 Å². The fourth-order valence-electron chi connectivity index (χ4n) is 2.39. The third kappa shape index (κ3) is 3.18. The topological polar surface area (TPSA) is 46.6 Å². The monoisotopic (exact) mass is 275 g/mol. The summed E-state index contributed by atoms with van der Waals surface area (Å²) in [6.07, 6.45) is 0.442. The highest BCUT2D eigenvalue weighted by Crippen LogP contribution is 2.24. The lowest BCUT2D eigenvalue weighted by Crippen LogP contribution is -2.40. The van der Waals surface area contributed by atoms with Gasteiger partial charge in [-0.15, -0.1) is 0 Å². The molecule has 4 heteroatoms. The molecule has 0 aliphatic carbocycles. The maximum atomic E-state index is 12.1. The average molecular weight is 275 g/mol. The molecule has 0 unspecified atom stereocenters. The van der Waals surface area contributed by atoms with Crippen molar-refractivity contribution in [3.8, 4) is 0 Å². The highest BCUT2D eigenvalue weighted by atomic mass is 16.6. The molecule has 1 heterocycles. The van der Waals surface area contributed by atoms with Gasteiger partial charge < -0.3 is 9.64 Å². The van der Waals surface area contributed by atoms with Crippen LogP contribution < -0.4 is 0 Å². The first-order valence-corrected chi connectivity index (χ1v) is 6.87. The summed E-state index contributed by atoms with van der Waals surface area (Å²) < 4.78 is 5.39. The molecular weight excluding hydrogens is 254 g/mol. The van der Waals surface area contributed by atoms with E-state index >= 15 is 0 Å². The number of Topliss-reactive ketones (excluding diaryl/α,β-unsaturated/α-hetero) is 1. The van der Waals surface area contributed by atoms with Crippen molar-refractivity contribution in [3.63, 3.8) is 0 Å². The van der Waals surface area contributed by atoms with E-state index in [0.29, 0.717) is 18.7 Å². The Labute approximate surface area is 119 Å². The van der Waals surface area contributed by atoms with Crippen molar-refractivity contribution < 1.29 is 14.3 Å². The number of hydrogen-bond acceptors (Lipinski definition) is 3. The summed E-state index contributed by atoms with van der Waals surface area (Å²) >= 11 is 0. The Morgan fingerprint density at radius 3 is 2.55 bits per heavy atom. The molecule has 2 rings (SSSR count). The van der Waals surface area contributed by atoms with Gasteiger partial charge in [-0.25, -0.2) is 4.79 Å². The molecule has 0 radical (unpaired) electrons. The number of rotatable bonds is 1. The Kier molecular flexibility index (Phi) is 3.84. The van der Waals surface area contributed by atoms with Gasteiger partial charge in [-0.05, 0) is 45.2 Å². The molecule has 0 bridgehead atoms. The van der Waals surface area contributed by atoms with Crippen molar-refractivity contribution in [1.29, 1.82) is 0 Å². The third-order valence-corrected chi connectivity index (χ3v) is 3.30. The number of nitrogens with zero attached hydrogens (tertiary/aromatic N) is 1. The van der Waals surface area contributed by atoms with E-state index in [1.807, 2.05) is 39.0 Å². The molecule has 108 valence electrons. The molecule has 0 spiro atoms. The van der Waals surface area contributed by atoms with Gasteiger partial charge >= 0.3 is 6.09 Å². The number of amides is 1. The van der Waals surface area contributed by atoms with E-state index in [0.717, 1.165) is 17.5 Å². The van der Waals surface area contributed by atoms with Crippen LogP contribution in [0.4, 0.5) is 4.79 Å². The van der Waals surface area contributed by atoms with Crippen molar-refractivity contribution in [2.24, 2.45) is 0 Å². The molecule has 1 aliphatic heterocycles. The largest absolute Gasteiger partial charge is 0.444 e. The Bertz CT molecular complexity index is 543. The van der Waals surface area contributed by atoms with Gasteiger partial charge in [0, 0.05) is 18.7 Å². The van der Waals surface area contributed by atoms with Gasteiger partial charge in [0.15, 0.2) is 5.78 Å². The summed E-state index contributed by atoms with van der Waals surface area (Å²) in [6.45, 7) is 8.18. The molecular formula is C16H21NO3. The number of carbonyl (C=O) groups is 2. The van der Waals surface area contributed by atoms with Crippen molar-refractivity contribution in [2.45, 2.75) is 46.3 Å². The Morgan fingerprint density at radius 1 is 1.25 bits per heavy atom. The maximum Gasteiger partial charge on any atom is 0.410 e. The normalized spacial score (nSPS) is 14.7. The molecule has 1 aliphatic rings. The van der Waals surface area contributed by atoms with Crippen LogP contribution in [0.25, 0.3) is 0 Å². The molecule has 0 saturated carbocycles. The standard InChI is InChI=1S/C16H21NO3/c1-11(18)13-7-5-6-12-8-9-17(10-14(12)13)15(19)20-16(2,3)4/h5-7H,8-10H2,1-4H3. The molecule has 4 nitrogen and oxygen atoms in total. The van der Waals surface area contributed by atoms with Crippen LogP contribution in [0.1, 0.15) is 49.2 Å². The second kappa shape index (κ2) is 5.27. The van der Waals surface area contributed by atoms with Crippen LogP contribution in [0, 0.1) is 0 Å². The zero-order valence-corrected chi connectivity index (χ0v) is 12.5. The zero-order valence-electron chi connectivity index (χ0n) is 12.5. The van der Waals surface area contributed by atoms with Crippen LogP contribution in [0.15, 0.2) is 18.2 Å². The second-order valence-corrected chi connectivity index (χ2v) is 6.15. The molecule has 0 fully saturated rings. The lowest BCUT2D eigenvalue weighted by molar-refractivity contribution is 0.0223. The highest BCUT2D eigenvalue weighted by Gasteiger charge is 2.27. The van der Waals surface area contributed by atoms with Crippen molar-refractivity contribution >= 4 is 11.9 Å². The Balaban J connectivity index is 2.22. The molecule has 1 aromatic carbocycles. The minimum Gasteiger partial charge on any atom is -0.444 e. The minimum absolute atomic E-state index is 0.0351. The maximum absolute atomic E-state index is 12.1. The highest BCUT2D eigenvalue weighted by molar-refractivity contribution is 5.96. The molecule has 1 aromatic rings. The number of fused-ring (bicyclic) bond motifs is 1. The van der Waals surface area contributed by atoms with Crippen molar-refractivity contribution in [2.75, 3.05) is 6.54 Å². The fourth-order valence-corrected chi connectivity index (χ4v) is 2.39. The van der Waals surface area contributed by atoms with E-state index < -0.39 is 5.60 Å². The summed E-state index contributed by atoms with van der Waals surface area (Å²) in [6, 6.07) is 5.74. The van der Waals surface area contributed by atoms with Crippen LogP contribution in [-0.2, 0) is 17.7 Å². The first kappa shape index (κ1) is 14.6. The summed E-state index contributed by atoms with van der Waals surface area (Å²) in [7, 11) is 0. The summed E-state index contributed by atoms with van der Waals surface area (Å²) in [4.78, 5) is 25.5. The first-order chi connectivity index (χ1) is 9.28. The SMILES string of the molecule is CC(=O)c1cccc2c1CN(C(=O)OC(C)(C)C)CC2. The average Bonchev–Trinajstić information content (AvgIpc) is 2.35. The molecule has 0 saturated heterocycles. The van der Waals surface area contributed by atoms with E-state index in [4.69, 9.17) is 4.74 Å². The van der Waals surface area contributed by atoms with Gasteiger partial charge in [-0.3, -0.25) is 4.79 Å². The van der Waals surface area contributed by atoms with Gasteiger partial charge in [-0.1, -0.05) is 18.2 Å². The molecule has 0 atom stereocenters. The summed E-state index contributed by atoms with van der Waals surface area (Å²) in [5.41, 5.74) is 2.31. The van der Waals surface area contributed by atoms with Gasteiger partial charge in [0.05, 0.1) is 0 Å². The summed E-state index contributed by atoms with van der Waals surface area (Å²) in [5, 5.41) is 0. The lowest BCUT2D eigenvalue weighted by atomic mass is 9.93. The van der Waals surface area contributed by atoms with E-state index in [1.165, 1.54) is 0 Å². The fraction of sp³-hybridized carbons (Fsp3) is 0.500. The smallest absolute Gasteiger partial charge is 0.410 e. The number of ketones is 1. The van der Waals surface area contributed by atoms with Crippen LogP contribution in [-0.4, -0.2) is 28.9 Å². The second-order valence-electron chi connectivity index (χ2n) is 6.15. The number of hydrogen-bond donors (Lipinski definition) is 0. The van der Waals surface area contributed by atoms with E-state index in [-0.39, 0.29) is 11.9 Å². The molecule has 0 aromatic heterocycles. The van der Waals surface area contributed by atoms with E-state index in [1.54, 1.807) is 11.8 Å². The van der Waals surface area contributed by atoms with Crippen LogP contribution >= 0.6 is 0 Å². The molecule has 1 amide bonds. The Hall–Kier alpha value is -1.84. The zero-order chi connectivity index (χ0) is 14.9.